The third kappa shape index (κ3) is 9.48. The molecule has 1 heterocycles. The van der Waals surface area contributed by atoms with Crippen molar-refractivity contribution in [2.75, 3.05) is 26.9 Å². The quantitative estimate of drug-likeness (QED) is 0.183. The zero-order valence-corrected chi connectivity index (χ0v) is 24.5. The fourth-order valence-corrected chi connectivity index (χ4v) is 6.73. The van der Waals surface area contributed by atoms with Gasteiger partial charge < -0.3 is 14.2 Å². The lowest BCUT2D eigenvalue weighted by atomic mass is 9.73. The van der Waals surface area contributed by atoms with Crippen LogP contribution in [-0.4, -0.2) is 38.7 Å². The molecule has 1 aromatic rings. The predicted molar refractivity (Wildman–Crippen MR) is 152 cm³/mol. The summed E-state index contributed by atoms with van der Waals surface area (Å²) in [4.78, 5) is 25.3. The Kier molecular flexibility index (Phi) is 13.3. The molecule has 0 bridgehead atoms. The Morgan fingerprint density at radius 2 is 1.92 bits per heavy atom. The average Bonchev–Trinajstić information content (AvgIpc) is 3.19. The number of esters is 1. The number of hydrogen-bond donors (Lipinski definition) is 0. The van der Waals surface area contributed by atoms with Crippen LogP contribution in [0.25, 0.3) is 0 Å². The van der Waals surface area contributed by atoms with Gasteiger partial charge in [-0.2, -0.15) is 0 Å². The van der Waals surface area contributed by atoms with Crippen molar-refractivity contribution in [1.29, 1.82) is 0 Å². The third-order valence-electron chi connectivity index (χ3n) is 9.03. The van der Waals surface area contributed by atoms with Gasteiger partial charge in [0, 0.05) is 38.6 Å². The van der Waals surface area contributed by atoms with Crippen LogP contribution in [0.3, 0.4) is 0 Å². The number of carbonyl (C=O) groups excluding carboxylic acids is 2. The first-order chi connectivity index (χ1) is 18.4. The molecule has 0 spiro atoms. The first-order valence-corrected chi connectivity index (χ1v) is 15.3. The fourth-order valence-electron chi connectivity index (χ4n) is 6.73. The van der Waals surface area contributed by atoms with Gasteiger partial charge in [0.2, 0.25) is 0 Å². The molecule has 0 N–H and O–H groups in total. The largest absolute Gasteiger partial charge is 0.469 e. The van der Waals surface area contributed by atoms with E-state index < -0.39 is 0 Å². The van der Waals surface area contributed by atoms with Crippen molar-refractivity contribution < 1.29 is 23.8 Å². The molecule has 214 valence electrons. The minimum atomic E-state index is -0.196. The molecule has 0 radical (unpaired) electrons. The molecule has 0 amide bonds. The summed E-state index contributed by atoms with van der Waals surface area (Å²) < 4.78 is 17.0. The van der Waals surface area contributed by atoms with E-state index >= 15 is 0 Å². The van der Waals surface area contributed by atoms with E-state index in [9.17, 15) is 9.59 Å². The van der Waals surface area contributed by atoms with Gasteiger partial charge in [-0.15, -0.1) is 0 Å². The smallest absolute Gasteiger partial charge is 0.305 e. The van der Waals surface area contributed by atoms with Gasteiger partial charge in [0.25, 0.3) is 0 Å². The second-order valence-electron chi connectivity index (χ2n) is 11.9. The van der Waals surface area contributed by atoms with E-state index in [0.29, 0.717) is 43.0 Å². The molecule has 3 rings (SSSR count). The van der Waals surface area contributed by atoms with Crippen molar-refractivity contribution in [1.82, 2.24) is 0 Å². The topological polar surface area (TPSA) is 61.8 Å². The van der Waals surface area contributed by atoms with Crippen LogP contribution in [0.2, 0.25) is 0 Å². The summed E-state index contributed by atoms with van der Waals surface area (Å²) in [6, 6.07) is 6.45. The Morgan fingerprint density at radius 3 is 2.71 bits per heavy atom. The summed E-state index contributed by atoms with van der Waals surface area (Å²) in [5.41, 5.74) is 3.77. The van der Waals surface area contributed by atoms with Crippen LogP contribution in [0.5, 0.6) is 0 Å². The molecule has 5 unspecified atom stereocenters. The molecule has 1 aromatic carbocycles. The van der Waals surface area contributed by atoms with Crippen molar-refractivity contribution in [2.24, 2.45) is 23.7 Å². The highest BCUT2D eigenvalue weighted by molar-refractivity contribution is 5.81. The average molecular weight is 529 g/mol. The monoisotopic (exact) mass is 528 g/mol. The van der Waals surface area contributed by atoms with Gasteiger partial charge >= 0.3 is 5.97 Å². The van der Waals surface area contributed by atoms with Gasteiger partial charge in [0.15, 0.2) is 0 Å². The maximum atomic E-state index is 13.7. The van der Waals surface area contributed by atoms with Gasteiger partial charge in [-0.3, -0.25) is 9.59 Å². The SMILES string of the molecule is CCCC(CC(=O)C1CCCC(C(OCCCC(=O)OC)c2cccc(C)c2C)C1)CC1CCCOCC1. The number of Topliss-reactive ketones (excluding diaryl/α,β-unsaturated/α-hetero) is 1. The van der Waals surface area contributed by atoms with Gasteiger partial charge in [-0.05, 0) is 99.7 Å². The van der Waals surface area contributed by atoms with E-state index in [1.165, 1.54) is 36.6 Å². The second kappa shape index (κ2) is 16.4. The maximum absolute atomic E-state index is 13.7. The highest BCUT2D eigenvalue weighted by Gasteiger charge is 2.34. The summed E-state index contributed by atoms with van der Waals surface area (Å²) in [6.07, 6.45) is 12.8. The Balaban J connectivity index is 1.66. The van der Waals surface area contributed by atoms with E-state index in [2.05, 4.69) is 39.0 Å². The molecule has 1 saturated carbocycles. The van der Waals surface area contributed by atoms with Crippen LogP contribution in [0.15, 0.2) is 18.2 Å². The van der Waals surface area contributed by atoms with Crippen LogP contribution >= 0.6 is 0 Å². The Hall–Kier alpha value is -1.72. The van der Waals surface area contributed by atoms with Crippen molar-refractivity contribution in [3.8, 4) is 0 Å². The zero-order chi connectivity index (χ0) is 27.3. The number of carbonyl (C=O) groups is 2. The summed E-state index contributed by atoms with van der Waals surface area (Å²) in [5.74, 6) is 1.94. The van der Waals surface area contributed by atoms with E-state index in [4.69, 9.17) is 14.2 Å². The van der Waals surface area contributed by atoms with E-state index in [1.807, 2.05) is 0 Å². The van der Waals surface area contributed by atoms with Gasteiger partial charge in [0.05, 0.1) is 13.2 Å². The number of aryl methyl sites for hydroxylation is 1. The van der Waals surface area contributed by atoms with Gasteiger partial charge in [-0.1, -0.05) is 44.4 Å². The first-order valence-electron chi connectivity index (χ1n) is 15.3. The predicted octanol–water partition coefficient (Wildman–Crippen LogP) is 7.70. The van der Waals surface area contributed by atoms with Crippen LogP contribution in [0.1, 0.15) is 113 Å². The summed E-state index contributed by atoms with van der Waals surface area (Å²) in [7, 11) is 1.43. The van der Waals surface area contributed by atoms with Crippen molar-refractivity contribution in [2.45, 2.75) is 110 Å². The lowest BCUT2D eigenvalue weighted by molar-refractivity contribution is -0.141. The molecule has 0 aromatic heterocycles. The molecule has 5 heteroatoms. The summed E-state index contributed by atoms with van der Waals surface area (Å²) in [5, 5.41) is 0. The highest BCUT2D eigenvalue weighted by Crippen LogP contribution is 2.42. The highest BCUT2D eigenvalue weighted by atomic mass is 16.5. The van der Waals surface area contributed by atoms with E-state index in [-0.39, 0.29) is 18.0 Å². The third-order valence-corrected chi connectivity index (χ3v) is 9.03. The second-order valence-corrected chi connectivity index (χ2v) is 11.9. The van der Waals surface area contributed by atoms with Crippen LogP contribution in [0.4, 0.5) is 0 Å². The summed E-state index contributed by atoms with van der Waals surface area (Å²) in [6.45, 7) is 8.86. The van der Waals surface area contributed by atoms with Gasteiger partial charge in [-0.25, -0.2) is 0 Å². The van der Waals surface area contributed by atoms with Crippen molar-refractivity contribution in [3.05, 3.63) is 34.9 Å². The molecule has 5 nitrogen and oxygen atoms in total. The molecule has 1 aliphatic heterocycles. The van der Waals surface area contributed by atoms with Crippen LogP contribution in [0, 0.1) is 37.5 Å². The standard InChI is InChI=1S/C33H52O5/c1-5-10-27(21-26-12-8-18-37-20-17-26)22-31(34)28-13-7-14-29(23-28)33(38-19-9-16-32(35)36-4)30-15-6-11-24(2)25(30)3/h6,11,15,26-29,33H,5,7-10,12-14,16-23H2,1-4H3. The molecule has 5 atom stereocenters. The maximum Gasteiger partial charge on any atom is 0.305 e. The van der Waals surface area contributed by atoms with Crippen LogP contribution < -0.4 is 0 Å². The zero-order valence-electron chi connectivity index (χ0n) is 24.5. The molecular weight excluding hydrogens is 476 g/mol. The minimum Gasteiger partial charge on any atom is -0.469 e. The Morgan fingerprint density at radius 1 is 1.08 bits per heavy atom. The molecule has 1 aliphatic carbocycles. The van der Waals surface area contributed by atoms with Gasteiger partial charge in [0.1, 0.15) is 5.78 Å². The molecular formula is C33H52O5. The minimum absolute atomic E-state index is 0.0411. The number of methoxy groups -OCH3 is 1. The molecule has 2 fully saturated rings. The number of hydrogen-bond acceptors (Lipinski definition) is 5. The Labute approximate surface area is 231 Å². The summed E-state index contributed by atoms with van der Waals surface area (Å²) >= 11 is 0. The van der Waals surface area contributed by atoms with E-state index in [1.54, 1.807) is 0 Å². The normalized spacial score (nSPS) is 23.8. The lowest BCUT2D eigenvalue weighted by Crippen LogP contribution is -2.29. The van der Waals surface area contributed by atoms with Crippen LogP contribution in [-0.2, 0) is 23.8 Å². The molecule has 2 aliphatic rings. The number of benzene rings is 1. The number of ketones is 1. The molecule has 1 saturated heterocycles. The molecule has 38 heavy (non-hydrogen) atoms. The number of rotatable bonds is 14. The lowest BCUT2D eigenvalue weighted by Gasteiger charge is -2.35. The number of ether oxygens (including phenoxy) is 3. The Bertz CT molecular complexity index is 857. The first kappa shape index (κ1) is 30.8. The van der Waals surface area contributed by atoms with E-state index in [0.717, 1.165) is 71.0 Å². The van der Waals surface area contributed by atoms with Crippen molar-refractivity contribution in [3.63, 3.8) is 0 Å². The fraction of sp³-hybridized carbons (Fsp3) is 0.758. The van der Waals surface area contributed by atoms with Crippen molar-refractivity contribution >= 4 is 11.8 Å².